The predicted octanol–water partition coefficient (Wildman–Crippen LogP) is 4.64. The van der Waals surface area contributed by atoms with E-state index in [4.69, 9.17) is 9.47 Å². The summed E-state index contributed by atoms with van der Waals surface area (Å²) >= 11 is 0. The normalized spacial score (nSPS) is 25.0. The number of nitrogens with zero attached hydrogens (tertiary/aromatic N) is 1. The number of alkyl halides is 3. The lowest BCUT2D eigenvalue weighted by molar-refractivity contribution is -0.140. The highest BCUT2D eigenvalue weighted by molar-refractivity contribution is 5.94. The van der Waals surface area contributed by atoms with Crippen molar-refractivity contribution in [3.8, 4) is 11.5 Å². The predicted molar refractivity (Wildman–Crippen MR) is 119 cm³/mol. The summed E-state index contributed by atoms with van der Waals surface area (Å²) in [4.78, 5) is 15.0. The van der Waals surface area contributed by atoms with Crippen LogP contribution in [-0.4, -0.2) is 51.2 Å². The first-order valence-electron chi connectivity index (χ1n) is 11.2. The fraction of sp³-hybridized carbons (Fsp3) is 0.480. The molecule has 2 aliphatic rings. The summed E-state index contributed by atoms with van der Waals surface area (Å²) in [7, 11) is 5.27. The number of methoxy groups -OCH3 is 2. The third-order valence-corrected chi connectivity index (χ3v) is 7.20. The Balaban J connectivity index is 1.51. The number of halogens is 4. The van der Waals surface area contributed by atoms with Gasteiger partial charge < -0.3 is 19.7 Å². The SMILES string of the molecule is COc1ccc([C@]23CC[C@H](NC(=O)c4ccc(C(F)(F)F)c(F)c4)C[C@@H]2CN(C)C3)cc1OC. The van der Waals surface area contributed by atoms with Crippen LogP contribution in [-0.2, 0) is 11.6 Å². The Morgan fingerprint density at radius 2 is 1.85 bits per heavy atom. The smallest absolute Gasteiger partial charge is 0.419 e. The summed E-state index contributed by atoms with van der Waals surface area (Å²) in [5.74, 6) is -0.423. The second kappa shape index (κ2) is 9.09. The number of likely N-dealkylation sites (N-methyl/N-ethyl adjacent to an activating group) is 1. The number of carbonyl (C=O) groups is 1. The van der Waals surface area contributed by atoms with Crippen molar-refractivity contribution in [1.29, 1.82) is 0 Å². The van der Waals surface area contributed by atoms with Gasteiger partial charge in [-0.25, -0.2) is 4.39 Å². The Morgan fingerprint density at radius 1 is 1.12 bits per heavy atom. The van der Waals surface area contributed by atoms with Gasteiger partial charge in [0.25, 0.3) is 5.91 Å². The van der Waals surface area contributed by atoms with E-state index in [1.807, 2.05) is 12.1 Å². The van der Waals surface area contributed by atoms with Crippen LogP contribution in [0.15, 0.2) is 36.4 Å². The number of carbonyl (C=O) groups excluding carboxylic acids is 1. The Kier molecular flexibility index (Phi) is 6.50. The first-order chi connectivity index (χ1) is 16.1. The van der Waals surface area contributed by atoms with E-state index in [1.54, 1.807) is 14.2 Å². The highest BCUT2D eigenvalue weighted by Crippen LogP contribution is 2.49. The number of nitrogens with one attached hydrogen (secondary N) is 1. The summed E-state index contributed by atoms with van der Waals surface area (Å²) in [6, 6.07) is 8.12. The lowest BCUT2D eigenvalue weighted by atomic mass is 9.63. The van der Waals surface area contributed by atoms with Gasteiger partial charge in [0.05, 0.1) is 19.8 Å². The molecule has 0 bridgehead atoms. The highest BCUT2D eigenvalue weighted by atomic mass is 19.4. The average Bonchev–Trinajstić information content (AvgIpc) is 3.13. The minimum Gasteiger partial charge on any atom is -0.493 e. The van der Waals surface area contributed by atoms with E-state index in [9.17, 15) is 22.4 Å². The molecule has 0 radical (unpaired) electrons. The quantitative estimate of drug-likeness (QED) is 0.634. The van der Waals surface area contributed by atoms with Crippen LogP contribution >= 0.6 is 0 Å². The first kappa shape index (κ1) is 24.3. The van der Waals surface area contributed by atoms with Crippen molar-refractivity contribution in [2.45, 2.75) is 36.9 Å². The van der Waals surface area contributed by atoms with Crippen molar-refractivity contribution in [1.82, 2.24) is 10.2 Å². The molecule has 0 unspecified atom stereocenters. The van der Waals surface area contributed by atoms with Crippen LogP contribution in [0.25, 0.3) is 0 Å². The topological polar surface area (TPSA) is 50.8 Å². The molecule has 34 heavy (non-hydrogen) atoms. The number of hydrogen-bond donors (Lipinski definition) is 1. The Bertz CT molecular complexity index is 1070. The number of likely N-dealkylation sites (tertiary alicyclic amines) is 1. The van der Waals surface area contributed by atoms with Gasteiger partial charge in [-0.15, -0.1) is 0 Å². The van der Waals surface area contributed by atoms with Gasteiger partial charge in [0.2, 0.25) is 0 Å². The zero-order valence-electron chi connectivity index (χ0n) is 19.3. The molecule has 2 aromatic carbocycles. The minimum absolute atomic E-state index is 0.101. The number of rotatable bonds is 5. The summed E-state index contributed by atoms with van der Waals surface area (Å²) in [5.41, 5.74) is -0.439. The van der Waals surface area contributed by atoms with Gasteiger partial charge in [0.1, 0.15) is 5.82 Å². The van der Waals surface area contributed by atoms with Crippen LogP contribution in [0.2, 0.25) is 0 Å². The lowest BCUT2D eigenvalue weighted by Gasteiger charge is -2.43. The molecule has 1 N–H and O–H groups in total. The van der Waals surface area contributed by atoms with Crippen LogP contribution in [0, 0.1) is 11.7 Å². The molecule has 1 saturated carbocycles. The van der Waals surface area contributed by atoms with Crippen molar-refractivity contribution >= 4 is 5.91 Å². The Morgan fingerprint density at radius 3 is 2.50 bits per heavy atom. The molecule has 184 valence electrons. The van der Waals surface area contributed by atoms with Gasteiger partial charge in [0, 0.05) is 30.1 Å². The number of hydrogen-bond acceptors (Lipinski definition) is 4. The van der Waals surface area contributed by atoms with E-state index in [0.29, 0.717) is 36.5 Å². The lowest BCUT2D eigenvalue weighted by Crippen LogP contribution is -2.47. The molecule has 1 heterocycles. The van der Waals surface area contributed by atoms with Gasteiger partial charge in [0.15, 0.2) is 11.5 Å². The van der Waals surface area contributed by atoms with E-state index in [-0.39, 0.29) is 22.9 Å². The molecular weight excluding hydrogens is 452 g/mol. The molecule has 4 rings (SSSR count). The summed E-state index contributed by atoms with van der Waals surface area (Å²) in [5, 5.41) is 2.91. The molecule has 0 spiro atoms. The summed E-state index contributed by atoms with van der Waals surface area (Å²) in [6.07, 6.45) is -2.56. The van der Waals surface area contributed by atoms with Crippen LogP contribution < -0.4 is 14.8 Å². The Labute approximate surface area is 196 Å². The number of fused-ring (bicyclic) bond motifs is 1. The average molecular weight is 481 g/mol. The zero-order chi connectivity index (χ0) is 24.7. The number of benzene rings is 2. The van der Waals surface area contributed by atoms with Crippen molar-refractivity contribution in [2.75, 3.05) is 34.4 Å². The van der Waals surface area contributed by atoms with Crippen LogP contribution in [0.3, 0.4) is 0 Å². The van der Waals surface area contributed by atoms with Gasteiger partial charge in [-0.2, -0.15) is 13.2 Å². The molecule has 1 aliphatic heterocycles. The molecule has 3 atom stereocenters. The third-order valence-electron chi connectivity index (χ3n) is 7.20. The first-order valence-corrected chi connectivity index (χ1v) is 11.2. The molecule has 2 aromatic rings. The molecule has 1 saturated heterocycles. The van der Waals surface area contributed by atoms with Gasteiger partial charge in [-0.1, -0.05) is 6.07 Å². The molecule has 9 heteroatoms. The number of amides is 1. The van der Waals surface area contributed by atoms with Crippen molar-refractivity contribution in [3.05, 3.63) is 58.9 Å². The maximum absolute atomic E-state index is 13.9. The standard InChI is InChI=1S/C25H28F4N2O3/c1-31-13-17-11-18(30-23(32)15-4-6-19(20(26)10-15)25(27,28)29)8-9-24(17,14-31)16-5-7-21(33-2)22(12-16)34-3/h4-7,10,12,17-18H,8-9,11,13-14H2,1-3H3,(H,30,32)/t17-,18+,24-/m1/s1. The van der Waals surface area contributed by atoms with Crippen LogP contribution in [0.4, 0.5) is 17.6 Å². The maximum Gasteiger partial charge on any atom is 0.419 e. The fourth-order valence-corrected chi connectivity index (χ4v) is 5.61. The van der Waals surface area contributed by atoms with Crippen LogP contribution in [0.1, 0.15) is 40.7 Å². The van der Waals surface area contributed by atoms with E-state index < -0.39 is 23.5 Å². The van der Waals surface area contributed by atoms with Crippen molar-refractivity contribution in [3.63, 3.8) is 0 Å². The van der Waals surface area contributed by atoms with E-state index in [0.717, 1.165) is 31.1 Å². The zero-order valence-corrected chi connectivity index (χ0v) is 19.3. The minimum atomic E-state index is -4.80. The monoisotopic (exact) mass is 480 g/mol. The largest absolute Gasteiger partial charge is 0.493 e. The van der Waals surface area contributed by atoms with Gasteiger partial charge in [-0.05, 0) is 68.1 Å². The molecule has 1 aliphatic carbocycles. The Hall–Kier alpha value is -2.81. The number of ether oxygens (including phenoxy) is 2. The second-order valence-electron chi connectivity index (χ2n) is 9.26. The van der Waals surface area contributed by atoms with E-state index in [1.165, 1.54) is 0 Å². The highest BCUT2D eigenvalue weighted by Gasteiger charge is 2.50. The van der Waals surface area contributed by atoms with Gasteiger partial charge in [-0.3, -0.25) is 4.79 Å². The van der Waals surface area contributed by atoms with Crippen molar-refractivity contribution in [2.24, 2.45) is 5.92 Å². The second-order valence-corrected chi connectivity index (χ2v) is 9.26. The van der Waals surface area contributed by atoms with Gasteiger partial charge >= 0.3 is 6.18 Å². The summed E-state index contributed by atoms with van der Waals surface area (Å²) < 4.78 is 63.3. The molecule has 2 fully saturated rings. The molecular formula is C25H28F4N2O3. The van der Waals surface area contributed by atoms with E-state index in [2.05, 4.69) is 23.3 Å². The maximum atomic E-state index is 13.9. The fourth-order valence-electron chi connectivity index (χ4n) is 5.61. The molecule has 5 nitrogen and oxygen atoms in total. The third kappa shape index (κ3) is 4.45. The van der Waals surface area contributed by atoms with E-state index >= 15 is 0 Å². The molecule has 0 aromatic heterocycles. The van der Waals surface area contributed by atoms with Crippen molar-refractivity contribution < 1.29 is 31.8 Å². The summed E-state index contributed by atoms with van der Waals surface area (Å²) in [6.45, 7) is 1.73. The molecule has 1 amide bonds. The van der Waals surface area contributed by atoms with Crippen LogP contribution in [0.5, 0.6) is 11.5 Å².